The summed E-state index contributed by atoms with van der Waals surface area (Å²) in [5, 5.41) is 10.3. The molecule has 0 radical (unpaired) electrons. The molecule has 0 saturated heterocycles. The Kier molecular flexibility index (Phi) is 3.91. The van der Waals surface area contributed by atoms with Crippen LogP contribution in [0.25, 0.3) is 11.0 Å². The lowest BCUT2D eigenvalue weighted by Gasteiger charge is -2.01. The van der Waals surface area contributed by atoms with E-state index in [2.05, 4.69) is 20.5 Å². The second-order valence-corrected chi connectivity index (χ2v) is 3.46. The van der Waals surface area contributed by atoms with Crippen molar-refractivity contribution in [2.75, 3.05) is 5.32 Å². The fourth-order valence-corrected chi connectivity index (χ4v) is 1.60. The monoisotopic (exact) mass is 240 g/mol. The number of aromatic nitrogens is 3. The Labute approximate surface area is 106 Å². The van der Waals surface area contributed by atoms with Gasteiger partial charge >= 0.3 is 0 Å². The van der Waals surface area contributed by atoms with Crippen LogP contribution in [0.2, 0.25) is 0 Å². The molecule has 2 heterocycles. The van der Waals surface area contributed by atoms with Gasteiger partial charge in [0.2, 0.25) is 0 Å². The average molecular weight is 240 g/mol. The molecule has 0 fully saturated rings. The summed E-state index contributed by atoms with van der Waals surface area (Å²) >= 11 is 0. The van der Waals surface area contributed by atoms with E-state index in [0.29, 0.717) is 0 Å². The van der Waals surface area contributed by atoms with Crippen molar-refractivity contribution in [1.29, 1.82) is 0 Å². The van der Waals surface area contributed by atoms with Gasteiger partial charge in [0.1, 0.15) is 5.52 Å². The molecular formula is C14H16N4. The van der Waals surface area contributed by atoms with Crippen molar-refractivity contribution in [2.24, 2.45) is 0 Å². The number of H-pyrrole nitrogens is 1. The molecule has 2 aromatic heterocycles. The van der Waals surface area contributed by atoms with Gasteiger partial charge in [0, 0.05) is 11.9 Å². The Morgan fingerprint density at radius 2 is 1.78 bits per heavy atom. The van der Waals surface area contributed by atoms with Crippen molar-refractivity contribution in [3.05, 3.63) is 48.7 Å². The summed E-state index contributed by atoms with van der Waals surface area (Å²) in [5.74, 6) is 0.752. The van der Waals surface area contributed by atoms with E-state index in [1.54, 1.807) is 6.20 Å². The predicted molar refractivity (Wildman–Crippen MR) is 75.0 cm³/mol. The number of benzene rings is 1. The first-order valence-electron chi connectivity index (χ1n) is 6.05. The molecule has 0 unspecified atom stereocenters. The third-order valence-electron chi connectivity index (χ3n) is 2.36. The minimum absolute atomic E-state index is 0.752. The first-order chi connectivity index (χ1) is 8.93. The smallest absolute Gasteiger partial charge is 0.178 e. The Hall–Kier alpha value is -2.36. The van der Waals surface area contributed by atoms with Crippen LogP contribution < -0.4 is 5.32 Å². The van der Waals surface area contributed by atoms with E-state index in [1.165, 1.54) is 0 Å². The van der Waals surface area contributed by atoms with E-state index in [0.717, 1.165) is 22.5 Å². The maximum Gasteiger partial charge on any atom is 0.178 e. The Morgan fingerprint density at radius 3 is 2.56 bits per heavy atom. The van der Waals surface area contributed by atoms with Gasteiger partial charge in [-0.25, -0.2) is 0 Å². The third kappa shape index (κ3) is 2.48. The molecule has 0 bridgehead atoms. The van der Waals surface area contributed by atoms with E-state index >= 15 is 0 Å². The van der Waals surface area contributed by atoms with E-state index in [9.17, 15) is 0 Å². The summed E-state index contributed by atoms with van der Waals surface area (Å²) in [6.07, 6.45) is 1.76. The molecule has 0 spiro atoms. The second-order valence-electron chi connectivity index (χ2n) is 3.46. The molecule has 4 heteroatoms. The molecule has 0 aliphatic rings. The predicted octanol–water partition coefficient (Wildman–Crippen LogP) is 3.73. The largest absolute Gasteiger partial charge is 0.337 e. The average Bonchev–Trinajstić information content (AvgIpc) is 2.86. The lowest BCUT2D eigenvalue weighted by atomic mass is 10.3. The van der Waals surface area contributed by atoms with E-state index < -0.39 is 0 Å². The van der Waals surface area contributed by atoms with Crippen molar-refractivity contribution >= 4 is 22.5 Å². The maximum atomic E-state index is 4.28. The molecule has 0 saturated carbocycles. The zero-order valence-electron chi connectivity index (χ0n) is 10.5. The van der Waals surface area contributed by atoms with Crippen molar-refractivity contribution in [1.82, 2.24) is 15.2 Å². The third-order valence-corrected chi connectivity index (χ3v) is 2.36. The quantitative estimate of drug-likeness (QED) is 0.717. The van der Waals surface area contributed by atoms with Gasteiger partial charge in [0.05, 0.1) is 5.52 Å². The normalized spacial score (nSPS) is 9.67. The van der Waals surface area contributed by atoms with E-state index in [-0.39, 0.29) is 0 Å². The van der Waals surface area contributed by atoms with Crippen LogP contribution in [0.1, 0.15) is 13.8 Å². The van der Waals surface area contributed by atoms with Gasteiger partial charge in [-0.3, -0.25) is 10.1 Å². The Bertz CT molecular complexity index is 601. The summed E-state index contributed by atoms with van der Waals surface area (Å²) in [7, 11) is 0. The first-order valence-corrected chi connectivity index (χ1v) is 6.05. The van der Waals surface area contributed by atoms with Crippen LogP contribution in [0.3, 0.4) is 0 Å². The highest BCUT2D eigenvalue weighted by molar-refractivity contribution is 5.87. The van der Waals surface area contributed by atoms with Crippen LogP contribution >= 0.6 is 0 Å². The molecule has 3 aromatic rings. The fourth-order valence-electron chi connectivity index (χ4n) is 1.60. The minimum atomic E-state index is 0.752. The second kappa shape index (κ2) is 5.82. The van der Waals surface area contributed by atoms with Gasteiger partial charge < -0.3 is 5.32 Å². The molecule has 1 aromatic carbocycles. The molecule has 2 N–H and O–H groups in total. The number of pyridine rings is 1. The highest BCUT2D eigenvalue weighted by atomic mass is 15.2. The van der Waals surface area contributed by atoms with Crippen LogP contribution in [0.5, 0.6) is 0 Å². The number of hydrogen-bond acceptors (Lipinski definition) is 3. The van der Waals surface area contributed by atoms with Crippen molar-refractivity contribution in [3.63, 3.8) is 0 Å². The number of rotatable bonds is 2. The van der Waals surface area contributed by atoms with Gasteiger partial charge in [-0.05, 0) is 24.3 Å². The van der Waals surface area contributed by atoms with Gasteiger partial charge in [-0.1, -0.05) is 32.0 Å². The lowest BCUT2D eigenvalue weighted by Crippen LogP contribution is -1.90. The van der Waals surface area contributed by atoms with Crippen molar-refractivity contribution in [2.45, 2.75) is 13.8 Å². The molecule has 0 amide bonds. The zero-order chi connectivity index (χ0) is 12.8. The number of nitrogens with one attached hydrogen (secondary N) is 2. The molecule has 92 valence electrons. The zero-order valence-corrected chi connectivity index (χ0v) is 10.5. The molecule has 4 nitrogen and oxygen atoms in total. The van der Waals surface area contributed by atoms with Gasteiger partial charge in [0.15, 0.2) is 5.82 Å². The van der Waals surface area contributed by atoms with Crippen molar-refractivity contribution in [3.8, 4) is 0 Å². The van der Waals surface area contributed by atoms with Gasteiger partial charge in [-0.15, -0.1) is 0 Å². The summed E-state index contributed by atoms with van der Waals surface area (Å²) in [4.78, 5) is 4.28. The van der Waals surface area contributed by atoms with Gasteiger partial charge in [0.25, 0.3) is 0 Å². The highest BCUT2D eigenvalue weighted by Crippen LogP contribution is 2.20. The summed E-state index contributed by atoms with van der Waals surface area (Å²) < 4.78 is 0. The molecule has 0 atom stereocenters. The number of nitrogens with zero attached hydrogens (tertiary/aromatic N) is 2. The molecule has 18 heavy (non-hydrogen) atoms. The number of para-hydroxylation sites is 1. The summed E-state index contributed by atoms with van der Waals surface area (Å²) in [6, 6.07) is 13.7. The fraction of sp³-hybridized carbons (Fsp3) is 0.143. The number of aromatic amines is 1. The Morgan fingerprint density at radius 1 is 1.00 bits per heavy atom. The Balaban J connectivity index is 0.000000574. The molecule has 0 aliphatic heterocycles. The number of fused-ring (bicyclic) bond motifs is 1. The highest BCUT2D eigenvalue weighted by Gasteiger charge is 2.05. The molecule has 3 rings (SSSR count). The summed E-state index contributed by atoms with van der Waals surface area (Å²) in [6.45, 7) is 4.00. The molecule has 0 aliphatic carbocycles. The van der Waals surface area contributed by atoms with E-state index in [1.807, 2.05) is 56.3 Å². The maximum absolute atomic E-state index is 4.28. The van der Waals surface area contributed by atoms with Crippen LogP contribution in [0, 0.1) is 0 Å². The SMILES string of the molecule is CC.c1ccc(Nc2n[nH]c3cccnc23)cc1. The minimum Gasteiger partial charge on any atom is -0.337 e. The number of hydrogen-bond donors (Lipinski definition) is 2. The molecular weight excluding hydrogens is 224 g/mol. The van der Waals surface area contributed by atoms with E-state index in [4.69, 9.17) is 0 Å². The van der Waals surface area contributed by atoms with Crippen LogP contribution in [0.4, 0.5) is 11.5 Å². The topological polar surface area (TPSA) is 53.6 Å². The lowest BCUT2D eigenvalue weighted by molar-refractivity contribution is 1.12. The van der Waals surface area contributed by atoms with Crippen LogP contribution in [0.15, 0.2) is 48.7 Å². The van der Waals surface area contributed by atoms with Crippen molar-refractivity contribution < 1.29 is 0 Å². The van der Waals surface area contributed by atoms with Gasteiger partial charge in [-0.2, -0.15) is 5.10 Å². The number of anilines is 2. The summed E-state index contributed by atoms with van der Waals surface area (Å²) in [5.41, 5.74) is 2.79. The van der Waals surface area contributed by atoms with Crippen LogP contribution in [-0.4, -0.2) is 15.2 Å². The van der Waals surface area contributed by atoms with Crippen LogP contribution in [-0.2, 0) is 0 Å². The standard InChI is InChI=1S/C12H10N4.C2H6/c1-2-5-9(6-3-1)14-12-11-10(15-16-12)7-4-8-13-11;1-2/h1-8H,(H2,14,15,16);1-2H3. The first kappa shape index (κ1) is 12.1.